The fraction of sp³-hybridized carbons (Fsp3) is 0.0625. The van der Waals surface area contributed by atoms with Crippen LogP contribution in [0.4, 0.5) is 24.0 Å². The van der Waals surface area contributed by atoms with Gasteiger partial charge in [0.05, 0.1) is 5.56 Å². The van der Waals surface area contributed by atoms with Crippen molar-refractivity contribution in [2.75, 3.05) is 5.32 Å². The number of carboxylic acids is 1. The van der Waals surface area contributed by atoms with E-state index in [1.165, 1.54) is 30.3 Å². The molecule has 0 bridgehead atoms. The summed E-state index contributed by atoms with van der Waals surface area (Å²) in [6.45, 7) is 0. The third-order valence-corrected chi connectivity index (χ3v) is 4.23. The van der Waals surface area contributed by atoms with Crippen LogP contribution in [-0.4, -0.2) is 26.4 Å². The smallest absolute Gasteiger partial charge is 0.416 e. The highest BCUT2D eigenvalue weighted by Gasteiger charge is 2.30. The van der Waals surface area contributed by atoms with Crippen LogP contribution in [0.3, 0.4) is 0 Å². The fourth-order valence-electron chi connectivity index (χ4n) is 2.13. The van der Waals surface area contributed by atoms with Crippen molar-refractivity contribution in [2.45, 2.75) is 6.18 Å². The molecule has 134 valence electrons. The summed E-state index contributed by atoms with van der Waals surface area (Å²) in [5.41, 5.74) is -0.476. The Morgan fingerprint density at radius 1 is 1.12 bits per heavy atom. The van der Waals surface area contributed by atoms with Crippen molar-refractivity contribution >= 4 is 28.1 Å². The second-order valence-corrected chi connectivity index (χ2v) is 6.13. The number of hydrogen-bond donors (Lipinski definition) is 3. The maximum Gasteiger partial charge on any atom is 0.416 e. The zero-order valence-electron chi connectivity index (χ0n) is 12.8. The Labute approximate surface area is 148 Å². The van der Waals surface area contributed by atoms with E-state index in [2.05, 4.69) is 15.5 Å². The third kappa shape index (κ3) is 3.75. The minimum Gasteiger partial charge on any atom is -0.507 e. The van der Waals surface area contributed by atoms with Gasteiger partial charge in [-0.15, -0.1) is 10.2 Å². The molecule has 0 aliphatic carbocycles. The zero-order valence-corrected chi connectivity index (χ0v) is 13.6. The number of alkyl halides is 3. The molecule has 0 unspecified atom stereocenters. The second kappa shape index (κ2) is 6.64. The average Bonchev–Trinajstić information content (AvgIpc) is 3.04. The Morgan fingerprint density at radius 2 is 1.88 bits per heavy atom. The van der Waals surface area contributed by atoms with Gasteiger partial charge in [-0.3, -0.25) is 0 Å². The molecule has 0 spiro atoms. The van der Waals surface area contributed by atoms with Gasteiger partial charge in [-0.25, -0.2) is 4.79 Å². The van der Waals surface area contributed by atoms with E-state index in [-0.39, 0.29) is 27.0 Å². The molecule has 10 heteroatoms. The number of nitrogens with zero attached hydrogens (tertiary/aromatic N) is 2. The minimum absolute atomic E-state index is 0.263. The van der Waals surface area contributed by atoms with Crippen molar-refractivity contribution in [1.29, 1.82) is 0 Å². The van der Waals surface area contributed by atoms with Crippen LogP contribution in [0.25, 0.3) is 10.6 Å². The summed E-state index contributed by atoms with van der Waals surface area (Å²) >= 11 is 1.01. The first-order chi connectivity index (χ1) is 12.2. The maximum absolute atomic E-state index is 12.8. The first kappa shape index (κ1) is 17.7. The van der Waals surface area contributed by atoms with Crippen LogP contribution in [0.2, 0.25) is 0 Å². The fourth-order valence-corrected chi connectivity index (χ4v) is 2.89. The van der Waals surface area contributed by atoms with Gasteiger partial charge in [-0.05, 0) is 30.3 Å². The molecule has 1 heterocycles. The number of carboxylic acid groups (broad SMARTS) is 1. The molecule has 0 radical (unpaired) electrons. The SMILES string of the molecule is O=C(O)c1cc(Nc2nnc(-c3cccc(C(F)(F)F)c3)s2)ccc1O. The van der Waals surface area contributed by atoms with Crippen LogP contribution < -0.4 is 5.32 Å². The normalized spacial score (nSPS) is 11.3. The van der Waals surface area contributed by atoms with Gasteiger partial charge in [0.1, 0.15) is 16.3 Å². The van der Waals surface area contributed by atoms with Crippen LogP contribution in [0.15, 0.2) is 42.5 Å². The summed E-state index contributed by atoms with van der Waals surface area (Å²) in [7, 11) is 0. The highest BCUT2D eigenvalue weighted by atomic mass is 32.1. The van der Waals surface area contributed by atoms with Crippen molar-refractivity contribution in [3.8, 4) is 16.3 Å². The summed E-state index contributed by atoms with van der Waals surface area (Å²) in [5, 5.41) is 29.5. The van der Waals surface area contributed by atoms with Gasteiger partial charge >= 0.3 is 12.1 Å². The van der Waals surface area contributed by atoms with Crippen molar-refractivity contribution < 1.29 is 28.2 Å². The lowest BCUT2D eigenvalue weighted by atomic mass is 10.1. The van der Waals surface area contributed by atoms with Crippen molar-refractivity contribution in [1.82, 2.24) is 10.2 Å². The highest BCUT2D eigenvalue weighted by Crippen LogP contribution is 2.34. The standard InChI is InChI=1S/C16H10F3N3O3S/c17-16(18,19)9-3-1-2-8(6-9)13-21-22-15(26-13)20-10-4-5-12(23)11(7-10)14(24)25/h1-7,23H,(H,20,22)(H,24,25). The molecule has 0 aliphatic rings. The third-order valence-electron chi connectivity index (χ3n) is 3.34. The van der Waals surface area contributed by atoms with Gasteiger partial charge in [-0.2, -0.15) is 13.2 Å². The number of aromatic carboxylic acids is 1. The lowest BCUT2D eigenvalue weighted by Crippen LogP contribution is -2.04. The predicted molar refractivity (Wildman–Crippen MR) is 88.7 cm³/mol. The number of aromatic nitrogens is 2. The van der Waals surface area contributed by atoms with E-state index in [1.807, 2.05) is 0 Å². The van der Waals surface area contributed by atoms with Crippen LogP contribution in [0.1, 0.15) is 15.9 Å². The highest BCUT2D eigenvalue weighted by molar-refractivity contribution is 7.18. The number of anilines is 2. The van der Waals surface area contributed by atoms with Gasteiger partial charge in [-0.1, -0.05) is 23.5 Å². The number of carbonyl (C=O) groups is 1. The topological polar surface area (TPSA) is 95.3 Å². The molecule has 3 aromatic rings. The maximum atomic E-state index is 12.8. The Bertz CT molecular complexity index is 973. The van der Waals surface area contributed by atoms with Gasteiger partial charge in [0.25, 0.3) is 0 Å². The number of benzene rings is 2. The van der Waals surface area contributed by atoms with E-state index in [9.17, 15) is 23.1 Å². The van der Waals surface area contributed by atoms with E-state index >= 15 is 0 Å². The minimum atomic E-state index is -4.46. The first-order valence-corrected chi connectivity index (χ1v) is 7.90. The number of phenols is 1. The number of rotatable bonds is 4. The molecule has 0 aliphatic heterocycles. The van der Waals surface area contributed by atoms with Gasteiger partial charge in [0.2, 0.25) is 5.13 Å². The summed E-state index contributed by atoms with van der Waals surface area (Å²) in [6.07, 6.45) is -4.46. The molecule has 6 nitrogen and oxygen atoms in total. The molecule has 0 amide bonds. The number of nitrogens with one attached hydrogen (secondary N) is 1. The first-order valence-electron chi connectivity index (χ1n) is 7.08. The Kier molecular flexibility index (Phi) is 4.51. The number of halogens is 3. The zero-order chi connectivity index (χ0) is 18.9. The van der Waals surface area contributed by atoms with E-state index in [0.717, 1.165) is 23.5 Å². The number of hydrogen-bond acceptors (Lipinski definition) is 6. The Balaban J connectivity index is 1.85. The summed E-state index contributed by atoms with van der Waals surface area (Å²) in [4.78, 5) is 11.0. The van der Waals surface area contributed by atoms with Gasteiger partial charge in [0.15, 0.2) is 0 Å². The molecule has 3 N–H and O–H groups in total. The molecule has 0 saturated heterocycles. The summed E-state index contributed by atoms with van der Waals surface area (Å²) < 4.78 is 38.4. The Hall–Kier alpha value is -3.14. The second-order valence-electron chi connectivity index (χ2n) is 5.15. The molecule has 1 aromatic heterocycles. The Morgan fingerprint density at radius 3 is 2.58 bits per heavy atom. The van der Waals surface area contributed by atoms with Crippen LogP contribution >= 0.6 is 11.3 Å². The van der Waals surface area contributed by atoms with Crippen molar-refractivity contribution in [3.05, 3.63) is 53.6 Å². The number of aromatic hydroxyl groups is 1. The lowest BCUT2D eigenvalue weighted by molar-refractivity contribution is -0.137. The van der Waals surface area contributed by atoms with E-state index in [0.29, 0.717) is 5.69 Å². The monoisotopic (exact) mass is 381 g/mol. The largest absolute Gasteiger partial charge is 0.507 e. The average molecular weight is 381 g/mol. The van der Waals surface area contributed by atoms with Crippen LogP contribution in [0, 0.1) is 0 Å². The predicted octanol–water partition coefficient (Wildman–Crippen LogP) is 4.37. The molecule has 26 heavy (non-hydrogen) atoms. The van der Waals surface area contributed by atoms with E-state index in [1.54, 1.807) is 0 Å². The summed E-state index contributed by atoms with van der Waals surface area (Å²) in [6, 6.07) is 8.58. The molecular weight excluding hydrogens is 371 g/mol. The van der Waals surface area contributed by atoms with Crippen LogP contribution in [-0.2, 0) is 6.18 Å². The quantitative estimate of drug-likeness (QED) is 0.581. The molecule has 3 rings (SSSR count). The van der Waals surface area contributed by atoms with Crippen LogP contribution in [0.5, 0.6) is 5.75 Å². The van der Waals surface area contributed by atoms with Crippen molar-refractivity contribution in [3.63, 3.8) is 0 Å². The van der Waals surface area contributed by atoms with Gasteiger partial charge in [0, 0.05) is 11.3 Å². The van der Waals surface area contributed by atoms with E-state index < -0.39 is 17.7 Å². The molecule has 2 aromatic carbocycles. The summed E-state index contributed by atoms with van der Waals surface area (Å²) in [5.74, 6) is -1.68. The molecule has 0 fully saturated rings. The van der Waals surface area contributed by atoms with Gasteiger partial charge < -0.3 is 15.5 Å². The molecule has 0 atom stereocenters. The van der Waals surface area contributed by atoms with E-state index in [4.69, 9.17) is 5.11 Å². The molecular formula is C16H10F3N3O3S. The lowest BCUT2D eigenvalue weighted by Gasteiger charge is -2.07. The molecule has 0 saturated carbocycles. The van der Waals surface area contributed by atoms with Crippen molar-refractivity contribution in [2.24, 2.45) is 0 Å².